The lowest BCUT2D eigenvalue weighted by Gasteiger charge is -2.33. The van der Waals surface area contributed by atoms with E-state index in [9.17, 15) is 0 Å². The van der Waals surface area contributed by atoms with Gasteiger partial charge in [-0.2, -0.15) is 0 Å². The molecule has 0 radical (unpaired) electrons. The van der Waals surface area contributed by atoms with E-state index < -0.39 is 0 Å². The fraction of sp³-hybridized carbons (Fsp3) is 0.667. The molecule has 0 aromatic carbocycles. The third-order valence-electron chi connectivity index (χ3n) is 3.14. The Morgan fingerprint density at radius 3 is 2.80 bits per heavy atom. The van der Waals surface area contributed by atoms with E-state index in [1.807, 2.05) is 6.07 Å². The van der Waals surface area contributed by atoms with Crippen molar-refractivity contribution in [3.05, 3.63) is 22.6 Å². The molecule has 84 valence electrons. The van der Waals surface area contributed by atoms with Gasteiger partial charge in [0.2, 0.25) is 0 Å². The number of halogens is 1. The standard InChI is InChI=1S/C12H18BrNO/c1-2-8-14-12(9-4-3-5-9)10-6-7-11(13)15-10/h6-7,9,12,14H,2-5,8H2,1H3. The third kappa shape index (κ3) is 2.64. The third-order valence-corrected chi connectivity index (χ3v) is 3.56. The Kier molecular flexibility index (Phi) is 3.87. The van der Waals surface area contributed by atoms with Crippen molar-refractivity contribution in [2.75, 3.05) is 6.54 Å². The summed E-state index contributed by atoms with van der Waals surface area (Å²) in [4.78, 5) is 0. The van der Waals surface area contributed by atoms with Crippen LogP contribution in [0.1, 0.15) is 44.4 Å². The van der Waals surface area contributed by atoms with Gasteiger partial charge in [-0.1, -0.05) is 13.3 Å². The Morgan fingerprint density at radius 1 is 1.53 bits per heavy atom. The minimum Gasteiger partial charge on any atom is -0.453 e. The number of nitrogens with one attached hydrogen (secondary N) is 1. The van der Waals surface area contributed by atoms with E-state index in [2.05, 4.69) is 34.2 Å². The molecule has 1 saturated carbocycles. The lowest BCUT2D eigenvalue weighted by Crippen LogP contribution is -2.32. The summed E-state index contributed by atoms with van der Waals surface area (Å²) in [5, 5.41) is 3.59. The minimum absolute atomic E-state index is 0.421. The summed E-state index contributed by atoms with van der Waals surface area (Å²) in [6.45, 7) is 3.27. The quantitative estimate of drug-likeness (QED) is 0.879. The maximum absolute atomic E-state index is 5.65. The predicted molar refractivity (Wildman–Crippen MR) is 64.8 cm³/mol. The molecule has 1 unspecified atom stereocenters. The zero-order valence-corrected chi connectivity index (χ0v) is 10.7. The molecule has 1 fully saturated rings. The van der Waals surface area contributed by atoms with Crippen molar-refractivity contribution >= 4 is 15.9 Å². The molecule has 0 amide bonds. The molecule has 0 spiro atoms. The summed E-state index contributed by atoms with van der Waals surface area (Å²) in [6.07, 6.45) is 5.21. The first-order valence-electron chi connectivity index (χ1n) is 5.80. The highest BCUT2D eigenvalue weighted by atomic mass is 79.9. The van der Waals surface area contributed by atoms with Crippen LogP contribution in [0.5, 0.6) is 0 Å². The fourth-order valence-electron chi connectivity index (χ4n) is 2.07. The van der Waals surface area contributed by atoms with E-state index in [0.717, 1.165) is 22.9 Å². The highest BCUT2D eigenvalue weighted by Gasteiger charge is 2.29. The molecule has 1 aromatic rings. The van der Waals surface area contributed by atoms with E-state index in [0.29, 0.717) is 6.04 Å². The van der Waals surface area contributed by atoms with Crippen molar-refractivity contribution in [3.8, 4) is 0 Å². The first-order valence-corrected chi connectivity index (χ1v) is 6.59. The normalized spacial score (nSPS) is 18.8. The van der Waals surface area contributed by atoms with Crippen LogP contribution in [-0.4, -0.2) is 6.54 Å². The van der Waals surface area contributed by atoms with Crippen LogP contribution >= 0.6 is 15.9 Å². The zero-order chi connectivity index (χ0) is 10.7. The van der Waals surface area contributed by atoms with Crippen molar-refractivity contribution in [1.29, 1.82) is 0 Å². The van der Waals surface area contributed by atoms with Gasteiger partial charge in [-0.25, -0.2) is 0 Å². The van der Waals surface area contributed by atoms with E-state index >= 15 is 0 Å². The molecular weight excluding hydrogens is 254 g/mol. The van der Waals surface area contributed by atoms with Crippen LogP contribution in [0, 0.1) is 5.92 Å². The second kappa shape index (κ2) is 5.17. The average molecular weight is 272 g/mol. The molecule has 1 aromatic heterocycles. The molecule has 1 N–H and O–H groups in total. The smallest absolute Gasteiger partial charge is 0.169 e. The predicted octanol–water partition coefficient (Wildman–Crippen LogP) is 3.88. The molecule has 2 rings (SSSR count). The maximum atomic E-state index is 5.65. The van der Waals surface area contributed by atoms with Gasteiger partial charge >= 0.3 is 0 Å². The average Bonchev–Trinajstić information content (AvgIpc) is 2.56. The Hall–Kier alpha value is -0.280. The minimum atomic E-state index is 0.421. The summed E-state index contributed by atoms with van der Waals surface area (Å²) < 4.78 is 6.49. The highest BCUT2D eigenvalue weighted by Crippen LogP contribution is 2.38. The lowest BCUT2D eigenvalue weighted by molar-refractivity contribution is 0.206. The maximum Gasteiger partial charge on any atom is 0.169 e. The van der Waals surface area contributed by atoms with Crippen molar-refractivity contribution in [1.82, 2.24) is 5.32 Å². The van der Waals surface area contributed by atoms with E-state index in [1.165, 1.54) is 25.7 Å². The topological polar surface area (TPSA) is 25.2 Å². The van der Waals surface area contributed by atoms with Crippen molar-refractivity contribution in [2.45, 2.75) is 38.6 Å². The van der Waals surface area contributed by atoms with Crippen molar-refractivity contribution in [2.24, 2.45) is 5.92 Å². The van der Waals surface area contributed by atoms with Gasteiger partial charge in [-0.3, -0.25) is 0 Å². The zero-order valence-electron chi connectivity index (χ0n) is 9.13. The van der Waals surface area contributed by atoms with Gasteiger partial charge in [-0.15, -0.1) is 0 Å². The van der Waals surface area contributed by atoms with Gasteiger partial charge in [0.1, 0.15) is 5.76 Å². The monoisotopic (exact) mass is 271 g/mol. The van der Waals surface area contributed by atoms with Crippen LogP contribution in [0.2, 0.25) is 0 Å². The van der Waals surface area contributed by atoms with Crippen LogP contribution in [0.15, 0.2) is 21.2 Å². The van der Waals surface area contributed by atoms with Crippen LogP contribution in [0.4, 0.5) is 0 Å². The SMILES string of the molecule is CCCNC(c1ccc(Br)o1)C1CCC1. The summed E-state index contributed by atoms with van der Waals surface area (Å²) in [5.74, 6) is 1.86. The van der Waals surface area contributed by atoms with Gasteiger partial charge in [0.25, 0.3) is 0 Å². The van der Waals surface area contributed by atoms with Gasteiger partial charge in [0.15, 0.2) is 4.67 Å². The lowest BCUT2D eigenvalue weighted by atomic mass is 9.79. The van der Waals surface area contributed by atoms with Gasteiger partial charge in [-0.05, 0) is 59.8 Å². The summed E-state index contributed by atoms with van der Waals surface area (Å²) in [5.41, 5.74) is 0. The van der Waals surface area contributed by atoms with Crippen LogP contribution < -0.4 is 5.32 Å². The first kappa shape index (κ1) is 11.2. The first-order chi connectivity index (χ1) is 7.31. The molecule has 1 aliphatic rings. The number of rotatable bonds is 5. The van der Waals surface area contributed by atoms with Crippen LogP contribution in [-0.2, 0) is 0 Å². The van der Waals surface area contributed by atoms with E-state index in [1.54, 1.807) is 0 Å². The van der Waals surface area contributed by atoms with Crippen molar-refractivity contribution in [3.63, 3.8) is 0 Å². The molecule has 0 bridgehead atoms. The summed E-state index contributed by atoms with van der Waals surface area (Å²) >= 11 is 3.36. The molecule has 2 nitrogen and oxygen atoms in total. The largest absolute Gasteiger partial charge is 0.453 e. The second-order valence-electron chi connectivity index (χ2n) is 4.26. The highest BCUT2D eigenvalue weighted by molar-refractivity contribution is 9.10. The van der Waals surface area contributed by atoms with Gasteiger partial charge in [0.05, 0.1) is 6.04 Å². The Morgan fingerprint density at radius 2 is 2.33 bits per heavy atom. The molecule has 1 atom stereocenters. The fourth-order valence-corrected chi connectivity index (χ4v) is 2.39. The van der Waals surface area contributed by atoms with E-state index in [4.69, 9.17) is 4.42 Å². The summed E-state index contributed by atoms with van der Waals surface area (Å²) in [7, 11) is 0. The number of hydrogen-bond donors (Lipinski definition) is 1. The molecule has 15 heavy (non-hydrogen) atoms. The van der Waals surface area contributed by atoms with Gasteiger partial charge in [0, 0.05) is 0 Å². The van der Waals surface area contributed by atoms with Crippen molar-refractivity contribution < 1.29 is 4.42 Å². The summed E-state index contributed by atoms with van der Waals surface area (Å²) in [6, 6.07) is 4.48. The second-order valence-corrected chi connectivity index (χ2v) is 5.05. The Bertz CT molecular complexity index is 306. The van der Waals surface area contributed by atoms with E-state index in [-0.39, 0.29) is 0 Å². The molecule has 1 aliphatic carbocycles. The Labute approximate surface area is 99.6 Å². The molecular formula is C12H18BrNO. The molecule has 0 aliphatic heterocycles. The van der Waals surface area contributed by atoms with Crippen LogP contribution in [0.3, 0.4) is 0 Å². The van der Waals surface area contributed by atoms with Gasteiger partial charge < -0.3 is 9.73 Å². The number of furan rings is 1. The molecule has 1 heterocycles. The Balaban J connectivity index is 2.03. The molecule has 3 heteroatoms. The number of hydrogen-bond acceptors (Lipinski definition) is 2. The molecule has 0 saturated heterocycles. The van der Waals surface area contributed by atoms with Crippen LogP contribution in [0.25, 0.3) is 0 Å².